The number of hydrogen-bond donors (Lipinski definition) is 2. The number of nitrogen functional groups attached to an aromatic ring is 1. The van der Waals surface area contributed by atoms with Crippen molar-refractivity contribution in [3.05, 3.63) is 16.4 Å². The van der Waals surface area contributed by atoms with Gasteiger partial charge in [0.1, 0.15) is 11.1 Å². The van der Waals surface area contributed by atoms with Crippen LogP contribution in [0.5, 0.6) is 0 Å². The lowest BCUT2D eigenvalue weighted by Crippen LogP contribution is -2.29. The Kier molecular flexibility index (Phi) is 2.81. The first-order valence-electron chi connectivity index (χ1n) is 4.88. The quantitative estimate of drug-likeness (QED) is 0.650. The highest BCUT2D eigenvalue weighted by atomic mass is 32.3. The molecular weight excluding hydrogens is 267 g/mol. The first kappa shape index (κ1) is 12.5. The number of carbonyl (C=O) groups excluding carboxylic acids is 1. The van der Waals surface area contributed by atoms with Crippen LogP contribution in [-0.4, -0.2) is 36.1 Å². The fraction of sp³-hybridized carbons (Fsp3) is 0.375. The Morgan fingerprint density at radius 1 is 1.50 bits per heavy atom. The summed E-state index contributed by atoms with van der Waals surface area (Å²) < 4.78 is 34.3. The van der Waals surface area contributed by atoms with E-state index >= 15 is 0 Å². The molecule has 0 bridgehead atoms. The van der Waals surface area contributed by atoms with E-state index in [0.29, 0.717) is 0 Å². The fourth-order valence-corrected chi connectivity index (χ4v) is 2.36. The van der Waals surface area contributed by atoms with Crippen LogP contribution in [0.3, 0.4) is 0 Å². The normalized spacial score (nSPS) is 20.4. The molecule has 0 saturated carbocycles. The summed E-state index contributed by atoms with van der Waals surface area (Å²) in [6.45, 7) is -0.381. The first-order chi connectivity index (χ1) is 8.27. The number of H-pyrrole nitrogens is 1. The monoisotopic (exact) mass is 276 g/mol. The topological polar surface area (TPSA) is 126 Å². The Balaban J connectivity index is 2.35. The van der Waals surface area contributed by atoms with Gasteiger partial charge in [-0.25, -0.2) is 0 Å². The summed E-state index contributed by atoms with van der Waals surface area (Å²) in [5, 5.41) is -1.44. The SMILES string of the molecule is Nc1nc(N2CC(S(=O)(=O)F)CC2=O)cc(=O)[nH]1. The average molecular weight is 276 g/mol. The zero-order valence-electron chi connectivity index (χ0n) is 8.96. The molecule has 0 aromatic carbocycles. The predicted molar refractivity (Wildman–Crippen MR) is 60.1 cm³/mol. The van der Waals surface area contributed by atoms with Crippen molar-refractivity contribution in [1.29, 1.82) is 0 Å². The summed E-state index contributed by atoms with van der Waals surface area (Å²) >= 11 is 0. The van der Waals surface area contributed by atoms with Crippen LogP contribution in [-0.2, 0) is 15.0 Å². The van der Waals surface area contributed by atoms with Gasteiger partial charge in [-0.05, 0) is 0 Å². The molecule has 8 nitrogen and oxygen atoms in total. The van der Waals surface area contributed by atoms with E-state index in [1.165, 1.54) is 0 Å². The third kappa shape index (κ3) is 2.32. The molecule has 10 heteroatoms. The molecule has 1 fully saturated rings. The average Bonchev–Trinajstić information content (AvgIpc) is 2.58. The predicted octanol–water partition coefficient (Wildman–Crippen LogP) is -1.24. The van der Waals surface area contributed by atoms with E-state index in [1.807, 2.05) is 0 Å². The van der Waals surface area contributed by atoms with E-state index in [1.54, 1.807) is 0 Å². The van der Waals surface area contributed by atoms with E-state index in [4.69, 9.17) is 5.73 Å². The minimum Gasteiger partial charge on any atom is -0.369 e. The zero-order chi connectivity index (χ0) is 13.5. The standard InChI is InChI=1S/C8H9FN4O4S/c9-18(16,17)4-1-7(15)13(3-4)5-2-6(14)12-8(10)11-5/h2,4H,1,3H2,(H3,10,11,12,14). The molecule has 3 N–H and O–H groups in total. The molecule has 0 radical (unpaired) electrons. The van der Waals surface area contributed by atoms with Crippen molar-refractivity contribution in [2.75, 3.05) is 17.2 Å². The summed E-state index contributed by atoms with van der Waals surface area (Å²) in [7, 11) is -4.80. The highest BCUT2D eigenvalue weighted by Crippen LogP contribution is 2.23. The number of nitrogens with zero attached hydrogens (tertiary/aromatic N) is 2. The first-order valence-corrected chi connectivity index (χ1v) is 6.32. The van der Waals surface area contributed by atoms with Crippen LogP contribution < -0.4 is 16.2 Å². The number of nitrogens with two attached hydrogens (primary N) is 1. The van der Waals surface area contributed by atoms with Gasteiger partial charge in [-0.3, -0.25) is 19.5 Å². The lowest BCUT2D eigenvalue weighted by Gasteiger charge is -2.14. The van der Waals surface area contributed by atoms with Crippen LogP contribution >= 0.6 is 0 Å². The molecule has 1 atom stereocenters. The van der Waals surface area contributed by atoms with Crippen LogP contribution in [0.2, 0.25) is 0 Å². The molecule has 18 heavy (non-hydrogen) atoms. The minimum atomic E-state index is -4.80. The number of aromatic nitrogens is 2. The molecule has 1 amide bonds. The van der Waals surface area contributed by atoms with E-state index in [-0.39, 0.29) is 18.3 Å². The van der Waals surface area contributed by atoms with Gasteiger partial charge in [0, 0.05) is 19.0 Å². The van der Waals surface area contributed by atoms with Gasteiger partial charge in [0.05, 0.1) is 0 Å². The number of carbonyl (C=O) groups is 1. The third-order valence-electron chi connectivity index (χ3n) is 2.51. The molecule has 2 heterocycles. The molecule has 1 aliphatic heterocycles. The number of hydrogen-bond acceptors (Lipinski definition) is 6. The molecule has 1 unspecified atom stereocenters. The number of aromatic amines is 1. The number of anilines is 2. The lowest BCUT2D eigenvalue weighted by molar-refractivity contribution is -0.117. The molecule has 1 aromatic rings. The summed E-state index contributed by atoms with van der Waals surface area (Å²) in [6, 6.07) is 0.988. The van der Waals surface area contributed by atoms with Crippen molar-refractivity contribution in [1.82, 2.24) is 9.97 Å². The molecule has 1 saturated heterocycles. The van der Waals surface area contributed by atoms with E-state index < -0.39 is 33.4 Å². The number of halogens is 1. The van der Waals surface area contributed by atoms with Gasteiger partial charge in [-0.2, -0.15) is 13.4 Å². The smallest absolute Gasteiger partial charge is 0.307 e. The molecule has 2 rings (SSSR count). The van der Waals surface area contributed by atoms with Crippen LogP contribution in [0.1, 0.15) is 6.42 Å². The second-order valence-electron chi connectivity index (χ2n) is 3.79. The van der Waals surface area contributed by atoms with Gasteiger partial charge in [0.25, 0.3) is 5.56 Å². The summed E-state index contributed by atoms with van der Waals surface area (Å²) in [5.74, 6) is -0.928. The van der Waals surface area contributed by atoms with Gasteiger partial charge in [0.2, 0.25) is 11.9 Å². The van der Waals surface area contributed by atoms with Crippen LogP contribution in [0.15, 0.2) is 10.9 Å². The minimum absolute atomic E-state index is 0.0904. The Morgan fingerprint density at radius 2 is 2.17 bits per heavy atom. The maximum atomic E-state index is 12.8. The molecule has 0 aliphatic carbocycles. The highest BCUT2D eigenvalue weighted by Gasteiger charge is 2.39. The molecule has 98 valence electrons. The van der Waals surface area contributed by atoms with Crippen LogP contribution in [0.25, 0.3) is 0 Å². The maximum Gasteiger partial charge on any atom is 0.307 e. The summed E-state index contributed by atoms with van der Waals surface area (Å²) in [4.78, 5) is 29.5. The van der Waals surface area contributed by atoms with Gasteiger partial charge in [-0.15, -0.1) is 3.89 Å². The van der Waals surface area contributed by atoms with Crippen molar-refractivity contribution in [3.8, 4) is 0 Å². The van der Waals surface area contributed by atoms with Crippen molar-refractivity contribution in [2.45, 2.75) is 11.7 Å². The number of amides is 1. The Labute approximate surface area is 101 Å². The Morgan fingerprint density at radius 3 is 2.67 bits per heavy atom. The largest absolute Gasteiger partial charge is 0.369 e. The fourth-order valence-electron chi connectivity index (χ4n) is 1.69. The third-order valence-corrected chi connectivity index (χ3v) is 3.62. The van der Waals surface area contributed by atoms with E-state index in [2.05, 4.69) is 9.97 Å². The van der Waals surface area contributed by atoms with Crippen LogP contribution in [0.4, 0.5) is 15.7 Å². The second kappa shape index (κ2) is 4.05. The summed E-state index contributed by atoms with van der Waals surface area (Å²) in [6.07, 6.45) is -0.479. The molecule has 0 spiro atoms. The van der Waals surface area contributed by atoms with Crippen molar-refractivity contribution < 1.29 is 17.1 Å². The maximum absolute atomic E-state index is 12.8. The van der Waals surface area contributed by atoms with Crippen LogP contribution in [0, 0.1) is 0 Å². The van der Waals surface area contributed by atoms with Gasteiger partial charge in [-0.1, -0.05) is 0 Å². The number of rotatable bonds is 2. The van der Waals surface area contributed by atoms with Crippen molar-refractivity contribution in [3.63, 3.8) is 0 Å². The van der Waals surface area contributed by atoms with Gasteiger partial charge in [0.15, 0.2) is 0 Å². The van der Waals surface area contributed by atoms with Crippen molar-refractivity contribution >= 4 is 27.9 Å². The van der Waals surface area contributed by atoms with Gasteiger partial charge < -0.3 is 5.73 Å². The Hall–Kier alpha value is -1.97. The molecule has 1 aliphatic rings. The van der Waals surface area contributed by atoms with Crippen molar-refractivity contribution in [2.24, 2.45) is 0 Å². The summed E-state index contributed by atoms with van der Waals surface area (Å²) in [5.41, 5.74) is 4.71. The zero-order valence-corrected chi connectivity index (χ0v) is 9.78. The lowest BCUT2D eigenvalue weighted by atomic mass is 10.4. The van der Waals surface area contributed by atoms with Gasteiger partial charge >= 0.3 is 10.2 Å². The van der Waals surface area contributed by atoms with E-state index in [0.717, 1.165) is 11.0 Å². The highest BCUT2D eigenvalue weighted by molar-refractivity contribution is 7.87. The number of nitrogens with one attached hydrogen (secondary N) is 1. The second-order valence-corrected chi connectivity index (χ2v) is 5.41. The Bertz CT molecular complexity index is 655. The molecule has 1 aromatic heterocycles. The molecular formula is C8H9FN4O4S. The van der Waals surface area contributed by atoms with E-state index in [9.17, 15) is 21.9 Å².